The van der Waals surface area contributed by atoms with Gasteiger partial charge in [-0.1, -0.05) is 6.07 Å². The van der Waals surface area contributed by atoms with Gasteiger partial charge in [-0.2, -0.15) is 0 Å². The first-order chi connectivity index (χ1) is 14.3. The minimum absolute atomic E-state index is 0.192. The molecule has 2 amide bonds. The number of halogens is 1. The first-order valence-electron chi connectivity index (χ1n) is 9.67. The van der Waals surface area contributed by atoms with Crippen LogP contribution < -0.4 is 15.6 Å². The molecule has 0 saturated carbocycles. The van der Waals surface area contributed by atoms with Crippen molar-refractivity contribution in [3.05, 3.63) is 64.3 Å². The number of nitrogens with zero attached hydrogens (tertiary/aromatic N) is 3. The number of ether oxygens (including phenoxy) is 1. The maximum Gasteiger partial charge on any atom is 0.255 e. The van der Waals surface area contributed by atoms with Crippen molar-refractivity contribution in [2.75, 3.05) is 39.8 Å². The number of amides is 2. The summed E-state index contributed by atoms with van der Waals surface area (Å²) in [5.41, 5.74) is 0.215. The van der Waals surface area contributed by atoms with Gasteiger partial charge in [-0.15, -0.1) is 0 Å². The summed E-state index contributed by atoms with van der Waals surface area (Å²) in [6.45, 7) is 1.75. The van der Waals surface area contributed by atoms with Crippen LogP contribution in [0.1, 0.15) is 10.4 Å². The fourth-order valence-electron chi connectivity index (χ4n) is 3.26. The number of benzene rings is 1. The Hall–Kier alpha value is -3.20. The molecule has 1 unspecified atom stereocenters. The lowest BCUT2D eigenvalue weighted by molar-refractivity contribution is -0.127. The van der Waals surface area contributed by atoms with Gasteiger partial charge >= 0.3 is 0 Å². The van der Waals surface area contributed by atoms with Gasteiger partial charge in [0.2, 0.25) is 11.5 Å². The van der Waals surface area contributed by atoms with Crippen molar-refractivity contribution in [2.24, 2.45) is 7.05 Å². The van der Waals surface area contributed by atoms with Crippen LogP contribution in [-0.4, -0.2) is 72.1 Å². The number of nitrogens with one attached hydrogen (secondary N) is 1. The van der Waals surface area contributed by atoms with Crippen molar-refractivity contribution in [3.8, 4) is 5.75 Å². The fourth-order valence-corrected chi connectivity index (χ4v) is 3.26. The van der Waals surface area contributed by atoms with E-state index in [9.17, 15) is 18.8 Å². The highest BCUT2D eigenvalue weighted by Gasteiger charge is 2.32. The van der Waals surface area contributed by atoms with Crippen molar-refractivity contribution < 1.29 is 18.7 Å². The number of hydrogen-bond donors (Lipinski definition) is 1. The fraction of sp³-hybridized carbons (Fsp3) is 0.381. The molecule has 1 fully saturated rings. The lowest BCUT2D eigenvalue weighted by Crippen LogP contribution is -2.59. The number of pyridine rings is 1. The topological polar surface area (TPSA) is 83.9 Å². The van der Waals surface area contributed by atoms with Crippen LogP contribution in [0.5, 0.6) is 5.75 Å². The summed E-state index contributed by atoms with van der Waals surface area (Å²) in [6, 6.07) is 8.16. The van der Waals surface area contributed by atoms with E-state index < -0.39 is 6.04 Å². The molecule has 30 heavy (non-hydrogen) atoms. The van der Waals surface area contributed by atoms with Crippen molar-refractivity contribution >= 4 is 11.8 Å². The van der Waals surface area contributed by atoms with E-state index >= 15 is 0 Å². The summed E-state index contributed by atoms with van der Waals surface area (Å²) in [6.07, 6.45) is 1.50. The summed E-state index contributed by atoms with van der Waals surface area (Å²) < 4.78 is 19.9. The third-order valence-corrected chi connectivity index (χ3v) is 5.04. The molecule has 2 aromatic rings. The van der Waals surface area contributed by atoms with Crippen LogP contribution in [0, 0.1) is 5.82 Å². The average molecular weight is 416 g/mol. The lowest BCUT2D eigenvalue weighted by Gasteiger charge is -2.38. The molecule has 160 valence electrons. The van der Waals surface area contributed by atoms with Gasteiger partial charge in [-0.3, -0.25) is 19.3 Å². The van der Waals surface area contributed by atoms with Crippen LogP contribution in [0.4, 0.5) is 4.39 Å². The van der Waals surface area contributed by atoms with E-state index in [1.54, 1.807) is 24.1 Å². The molecule has 2 heterocycles. The Morgan fingerprint density at radius 2 is 2.00 bits per heavy atom. The number of carbonyl (C=O) groups excluding carboxylic acids is 2. The van der Waals surface area contributed by atoms with Crippen molar-refractivity contribution in [3.63, 3.8) is 0 Å². The Morgan fingerprint density at radius 3 is 2.73 bits per heavy atom. The molecular formula is C21H25FN4O4. The zero-order chi connectivity index (χ0) is 21.7. The highest BCUT2D eigenvalue weighted by Crippen LogP contribution is 2.13. The first-order valence-corrected chi connectivity index (χ1v) is 9.67. The molecular weight excluding hydrogens is 391 g/mol. The standard InChI is InChI=1S/C21H25FN4O4/c1-24-9-10-26(21(29)15-6-7-19(27)25(2)13-15)14-18(24)20(28)23-8-11-30-17-5-3-4-16(22)12-17/h3-7,12-13,18H,8-11,14H2,1-2H3,(H,23,28). The van der Waals surface area contributed by atoms with Gasteiger partial charge < -0.3 is 19.5 Å². The second kappa shape index (κ2) is 9.53. The zero-order valence-electron chi connectivity index (χ0n) is 17.0. The highest BCUT2D eigenvalue weighted by molar-refractivity contribution is 5.94. The normalized spacial score (nSPS) is 16.9. The smallest absolute Gasteiger partial charge is 0.255 e. The predicted molar refractivity (Wildman–Crippen MR) is 109 cm³/mol. The molecule has 9 heteroatoms. The summed E-state index contributed by atoms with van der Waals surface area (Å²) in [5, 5.41) is 2.80. The Morgan fingerprint density at radius 1 is 1.20 bits per heavy atom. The van der Waals surface area contributed by atoms with Gasteiger partial charge in [-0.25, -0.2) is 4.39 Å². The van der Waals surface area contributed by atoms with Gasteiger partial charge in [0.15, 0.2) is 0 Å². The molecule has 1 atom stereocenters. The lowest BCUT2D eigenvalue weighted by atomic mass is 10.1. The van der Waals surface area contributed by atoms with Gasteiger partial charge in [0.25, 0.3) is 5.91 Å². The van der Waals surface area contributed by atoms with E-state index in [2.05, 4.69) is 5.32 Å². The monoisotopic (exact) mass is 416 g/mol. The third kappa shape index (κ3) is 5.24. The number of carbonyl (C=O) groups is 2. The molecule has 0 bridgehead atoms. The number of piperazine rings is 1. The van der Waals surface area contributed by atoms with Gasteiger partial charge in [-0.05, 0) is 25.2 Å². The number of hydrogen-bond acceptors (Lipinski definition) is 5. The summed E-state index contributed by atoms with van der Waals surface area (Å²) in [7, 11) is 3.42. The second-order valence-corrected chi connectivity index (χ2v) is 7.21. The Labute approximate surface area is 173 Å². The molecule has 1 aliphatic heterocycles. The van der Waals surface area contributed by atoms with Crippen molar-refractivity contribution in [1.82, 2.24) is 19.7 Å². The van der Waals surface area contributed by atoms with Gasteiger partial charge in [0.05, 0.1) is 12.1 Å². The van der Waals surface area contributed by atoms with Crippen LogP contribution in [-0.2, 0) is 11.8 Å². The number of rotatable bonds is 6. The molecule has 0 spiro atoms. The Kier molecular flexibility index (Phi) is 6.83. The van der Waals surface area contributed by atoms with Crippen molar-refractivity contribution in [2.45, 2.75) is 6.04 Å². The predicted octanol–water partition coefficient (Wildman–Crippen LogP) is 0.476. The van der Waals surface area contributed by atoms with Gasteiger partial charge in [0.1, 0.15) is 24.2 Å². The van der Waals surface area contributed by atoms with E-state index in [4.69, 9.17) is 4.74 Å². The van der Waals surface area contributed by atoms with Crippen LogP contribution >= 0.6 is 0 Å². The van der Waals surface area contributed by atoms with E-state index in [1.807, 2.05) is 11.9 Å². The quantitative estimate of drug-likeness (QED) is 0.693. The molecule has 1 saturated heterocycles. The molecule has 0 aliphatic carbocycles. The van der Waals surface area contributed by atoms with E-state index in [0.29, 0.717) is 24.4 Å². The molecule has 1 aliphatic rings. The highest BCUT2D eigenvalue weighted by atomic mass is 19.1. The number of aromatic nitrogens is 1. The first kappa shape index (κ1) is 21.5. The third-order valence-electron chi connectivity index (χ3n) is 5.04. The van der Waals surface area contributed by atoms with Crippen LogP contribution in [0.15, 0.2) is 47.4 Å². The molecule has 0 radical (unpaired) electrons. The van der Waals surface area contributed by atoms with E-state index in [-0.39, 0.29) is 42.9 Å². The van der Waals surface area contributed by atoms with Crippen LogP contribution in [0.25, 0.3) is 0 Å². The minimum atomic E-state index is -0.496. The van der Waals surface area contributed by atoms with Crippen LogP contribution in [0.2, 0.25) is 0 Å². The maximum atomic E-state index is 13.2. The largest absolute Gasteiger partial charge is 0.492 e. The number of aryl methyl sites for hydroxylation is 1. The second-order valence-electron chi connectivity index (χ2n) is 7.21. The molecule has 1 N–H and O–H groups in total. The SMILES string of the molecule is CN1CCN(C(=O)c2ccc(=O)n(C)c2)CC1C(=O)NCCOc1cccc(F)c1. The maximum absolute atomic E-state index is 13.2. The molecule has 1 aromatic carbocycles. The minimum Gasteiger partial charge on any atom is -0.492 e. The number of likely N-dealkylation sites (N-methyl/N-ethyl adjacent to an activating group) is 1. The van der Waals surface area contributed by atoms with Crippen molar-refractivity contribution in [1.29, 1.82) is 0 Å². The van der Waals surface area contributed by atoms with E-state index in [0.717, 1.165) is 0 Å². The average Bonchev–Trinajstić information content (AvgIpc) is 2.73. The summed E-state index contributed by atoms with van der Waals surface area (Å²) in [5.74, 6) is -0.416. The Bertz CT molecular complexity index is 977. The van der Waals surface area contributed by atoms with E-state index in [1.165, 1.54) is 35.0 Å². The van der Waals surface area contributed by atoms with Gasteiger partial charge in [0, 0.05) is 45.0 Å². The molecule has 8 nitrogen and oxygen atoms in total. The summed E-state index contributed by atoms with van der Waals surface area (Å²) in [4.78, 5) is 40.5. The molecule has 1 aromatic heterocycles. The summed E-state index contributed by atoms with van der Waals surface area (Å²) >= 11 is 0. The Balaban J connectivity index is 1.54. The van der Waals surface area contributed by atoms with Crippen LogP contribution in [0.3, 0.4) is 0 Å². The zero-order valence-corrected chi connectivity index (χ0v) is 17.0. The molecule has 3 rings (SSSR count).